The summed E-state index contributed by atoms with van der Waals surface area (Å²) < 4.78 is 22.9. The summed E-state index contributed by atoms with van der Waals surface area (Å²) in [4.78, 5) is 53.0. The largest absolute Gasteiger partial charge is 0.462 e. The first-order valence-electron chi connectivity index (χ1n) is 18.4. The fraction of sp³-hybridized carbons (Fsp3) is 0.789. The minimum Gasteiger partial charge on any atom is -0.462 e. The third-order valence-electron chi connectivity index (χ3n) is 14.2. The van der Waals surface area contributed by atoms with Crippen molar-refractivity contribution in [3.8, 4) is 0 Å². The minimum atomic E-state index is -1.84. The average Bonchev–Trinajstić information content (AvgIpc) is 3.52. The van der Waals surface area contributed by atoms with Gasteiger partial charge >= 0.3 is 17.9 Å². The van der Waals surface area contributed by atoms with E-state index in [9.17, 15) is 49.8 Å². The first-order valence-corrected chi connectivity index (χ1v) is 18.4. The molecule has 4 aliphatic carbocycles. The summed E-state index contributed by atoms with van der Waals surface area (Å²) >= 11 is 0. The maximum Gasteiger partial charge on any atom is 0.318 e. The van der Waals surface area contributed by atoms with Crippen LogP contribution in [0.4, 0.5) is 0 Å². The maximum absolute atomic E-state index is 14.4. The van der Waals surface area contributed by atoms with E-state index in [0.717, 1.165) is 11.1 Å². The zero-order valence-corrected chi connectivity index (χ0v) is 30.7. The quantitative estimate of drug-likeness (QED) is 0.0881. The second-order valence-corrected chi connectivity index (χ2v) is 17.0. The summed E-state index contributed by atoms with van der Waals surface area (Å²) in [6.07, 6.45) is -5.99. The molecule has 0 bridgehead atoms. The van der Waals surface area contributed by atoms with Gasteiger partial charge in [-0.15, -0.1) is 0 Å². The van der Waals surface area contributed by atoms with Crippen LogP contribution in [0.2, 0.25) is 0 Å². The topological polar surface area (TPSA) is 227 Å². The third-order valence-corrected chi connectivity index (χ3v) is 14.2. The summed E-state index contributed by atoms with van der Waals surface area (Å²) in [5, 5.41) is 64.7. The van der Waals surface area contributed by atoms with Gasteiger partial charge in [0.05, 0.1) is 25.2 Å². The lowest BCUT2D eigenvalue weighted by Gasteiger charge is -2.65. The molecule has 2 aliphatic heterocycles. The minimum absolute atomic E-state index is 0.0658. The van der Waals surface area contributed by atoms with Crippen LogP contribution in [0.1, 0.15) is 80.1 Å². The monoisotopic (exact) mass is 734 g/mol. The molecule has 0 radical (unpaired) electrons. The number of esters is 3. The van der Waals surface area contributed by atoms with Crippen molar-refractivity contribution in [2.45, 2.75) is 129 Å². The number of allylic oxidation sites excluding steroid dienone is 3. The van der Waals surface area contributed by atoms with Gasteiger partial charge in [0, 0.05) is 30.1 Å². The van der Waals surface area contributed by atoms with E-state index in [-0.39, 0.29) is 50.4 Å². The van der Waals surface area contributed by atoms with E-state index in [0.29, 0.717) is 6.42 Å². The van der Waals surface area contributed by atoms with E-state index < -0.39 is 113 Å². The van der Waals surface area contributed by atoms with E-state index in [1.807, 2.05) is 19.9 Å². The Morgan fingerprint density at radius 3 is 2.31 bits per heavy atom. The SMILES string of the molecule is CC(=O)O[C@@H]1CC[C@@]2(C)[C@@H](CC=C3[C@@H]2C[C@H](O)[C@@]2(C)[C@H]4[C@H](C[C@]32CO)OC(=O)[C@@H]4CC(=O)C=C(C)C)[C@]1(C)C(=O)O[C@H]1O[C@@H](CO)[C@H](O)[C@@H](O)[C@@H]1O. The van der Waals surface area contributed by atoms with Crippen LogP contribution in [0.5, 0.6) is 0 Å². The number of carbonyl (C=O) groups is 4. The van der Waals surface area contributed by atoms with Crippen LogP contribution in [0.3, 0.4) is 0 Å². The maximum atomic E-state index is 14.4. The second kappa shape index (κ2) is 13.5. The van der Waals surface area contributed by atoms with Crippen LogP contribution in [-0.2, 0) is 38.1 Å². The number of ether oxygens (including phenoxy) is 4. The highest BCUT2D eigenvalue weighted by molar-refractivity contribution is 5.93. The highest BCUT2D eigenvalue weighted by Gasteiger charge is 2.76. The first-order chi connectivity index (χ1) is 24.3. The number of aliphatic hydroxyl groups excluding tert-OH is 6. The van der Waals surface area contributed by atoms with Crippen molar-refractivity contribution in [2.75, 3.05) is 13.2 Å². The van der Waals surface area contributed by atoms with Crippen molar-refractivity contribution < 1.29 is 68.8 Å². The summed E-state index contributed by atoms with van der Waals surface area (Å²) in [7, 11) is 0. The molecule has 5 fully saturated rings. The molecule has 0 aromatic heterocycles. The molecule has 14 heteroatoms. The number of carbonyl (C=O) groups excluding carboxylic acids is 4. The number of fused-ring (bicyclic) bond motifs is 7. The van der Waals surface area contributed by atoms with Crippen molar-refractivity contribution in [3.63, 3.8) is 0 Å². The number of hydrogen-bond acceptors (Lipinski definition) is 14. The molecule has 2 heterocycles. The normalized spacial score (nSPS) is 47.8. The number of rotatable bonds is 8. The summed E-state index contributed by atoms with van der Waals surface area (Å²) in [5.41, 5.74) is -2.57. The summed E-state index contributed by atoms with van der Waals surface area (Å²) in [6, 6.07) is 0. The molecule has 14 nitrogen and oxygen atoms in total. The Labute approximate surface area is 303 Å². The van der Waals surface area contributed by atoms with Gasteiger partial charge in [-0.3, -0.25) is 19.2 Å². The molecule has 52 heavy (non-hydrogen) atoms. The number of hydrogen-bond donors (Lipinski definition) is 6. The van der Waals surface area contributed by atoms with Crippen LogP contribution in [0.15, 0.2) is 23.3 Å². The van der Waals surface area contributed by atoms with Crippen molar-refractivity contribution in [2.24, 2.45) is 45.3 Å². The highest BCUT2D eigenvalue weighted by Crippen LogP contribution is 2.74. The lowest BCUT2D eigenvalue weighted by molar-refractivity contribution is -0.299. The van der Waals surface area contributed by atoms with Crippen LogP contribution in [0, 0.1) is 45.3 Å². The standard InChI is InChI=1S/C38H54O14/c1-17(2)11-19(42)12-20-28-23(50-32(20)47)14-38(16-40)21-7-8-25-35(4,22(21)13-26(43)37(28,38)6)10-9-27(49-18(3)41)36(25,5)34(48)52-33-31(46)30(45)29(44)24(15-39)51-33/h7,11,20,22-31,33,39-40,43-46H,8-10,12-16H2,1-6H3/t20-,22+,23+,24+,25-,26+,27-,28-,29+,30-,31+,33-,35-,36+,37+,38+/m1/s1. The van der Waals surface area contributed by atoms with Crippen LogP contribution in [-0.4, -0.2) is 117 Å². The third kappa shape index (κ3) is 5.53. The van der Waals surface area contributed by atoms with Gasteiger partial charge in [-0.05, 0) is 76.2 Å². The van der Waals surface area contributed by atoms with Crippen LogP contribution >= 0.6 is 0 Å². The Kier molecular flexibility index (Phi) is 10.2. The van der Waals surface area contributed by atoms with Gasteiger partial charge in [0.2, 0.25) is 6.29 Å². The molecule has 0 aromatic carbocycles. The van der Waals surface area contributed by atoms with Gasteiger partial charge in [-0.1, -0.05) is 31.1 Å². The smallest absolute Gasteiger partial charge is 0.318 e. The van der Waals surface area contributed by atoms with E-state index in [4.69, 9.17) is 18.9 Å². The van der Waals surface area contributed by atoms with Gasteiger partial charge < -0.3 is 49.6 Å². The summed E-state index contributed by atoms with van der Waals surface area (Å²) in [6.45, 7) is 9.33. The Balaban J connectivity index is 1.38. The molecule has 6 aliphatic rings. The highest BCUT2D eigenvalue weighted by atomic mass is 16.7. The van der Waals surface area contributed by atoms with Gasteiger partial charge in [0.1, 0.15) is 42.0 Å². The summed E-state index contributed by atoms with van der Waals surface area (Å²) in [5.74, 6) is -4.39. The van der Waals surface area contributed by atoms with Crippen molar-refractivity contribution in [1.29, 1.82) is 0 Å². The Morgan fingerprint density at radius 2 is 1.69 bits per heavy atom. The number of ketones is 1. The molecule has 0 aromatic rings. The van der Waals surface area contributed by atoms with Crippen LogP contribution in [0.25, 0.3) is 0 Å². The first kappa shape index (κ1) is 39.0. The number of aliphatic hydroxyl groups is 6. The second-order valence-electron chi connectivity index (χ2n) is 17.0. The molecule has 0 amide bonds. The van der Waals surface area contributed by atoms with Crippen LogP contribution < -0.4 is 0 Å². The van der Waals surface area contributed by atoms with Crippen molar-refractivity contribution in [1.82, 2.24) is 0 Å². The van der Waals surface area contributed by atoms with Gasteiger partial charge in [0.15, 0.2) is 5.78 Å². The molecule has 0 spiro atoms. The van der Waals surface area contributed by atoms with E-state index in [1.165, 1.54) is 13.0 Å². The van der Waals surface area contributed by atoms with E-state index in [2.05, 4.69) is 0 Å². The van der Waals surface area contributed by atoms with E-state index in [1.54, 1.807) is 20.8 Å². The fourth-order valence-corrected chi connectivity index (χ4v) is 11.6. The average molecular weight is 735 g/mol. The van der Waals surface area contributed by atoms with Gasteiger partial charge in [0.25, 0.3) is 0 Å². The zero-order chi connectivity index (χ0) is 38.3. The lowest BCUT2D eigenvalue weighted by Crippen LogP contribution is -2.66. The van der Waals surface area contributed by atoms with Gasteiger partial charge in [-0.2, -0.15) is 0 Å². The molecule has 0 unspecified atom stereocenters. The molecule has 290 valence electrons. The Hall–Kier alpha value is -2.72. The van der Waals surface area contributed by atoms with Crippen molar-refractivity contribution >= 4 is 23.7 Å². The predicted octanol–water partition coefficient (Wildman–Crippen LogP) is 0.867. The van der Waals surface area contributed by atoms with Crippen molar-refractivity contribution in [3.05, 3.63) is 23.3 Å². The molecule has 6 N–H and O–H groups in total. The molecular weight excluding hydrogens is 680 g/mol. The Bertz CT molecular complexity index is 1530. The molecule has 3 saturated carbocycles. The van der Waals surface area contributed by atoms with Gasteiger partial charge in [-0.25, -0.2) is 0 Å². The fourth-order valence-electron chi connectivity index (χ4n) is 11.6. The molecule has 16 atom stereocenters. The lowest BCUT2D eigenvalue weighted by atomic mass is 9.40. The predicted molar refractivity (Wildman–Crippen MR) is 179 cm³/mol. The Morgan fingerprint density at radius 1 is 1.00 bits per heavy atom. The zero-order valence-electron chi connectivity index (χ0n) is 30.7. The molecular formula is C38H54O14. The molecule has 2 saturated heterocycles. The van der Waals surface area contributed by atoms with E-state index >= 15 is 0 Å². The molecule has 6 rings (SSSR count).